The molecule has 204 valence electrons. The fraction of sp³-hybridized carbons (Fsp3) is 0.448. The summed E-state index contributed by atoms with van der Waals surface area (Å²) < 4.78 is 7.98. The molecule has 1 unspecified atom stereocenters. The van der Waals surface area contributed by atoms with E-state index in [9.17, 15) is 14.9 Å². The molecule has 0 aliphatic carbocycles. The van der Waals surface area contributed by atoms with Crippen LogP contribution in [0.1, 0.15) is 42.9 Å². The Labute approximate surface area is 238 Å². The Balaban J connectivity index is 1.53. The lowest BCUT2D eigenvalue weighted by Crippen LogP contribution is -2.48. The molecule has 3 aliphatic rings. The van der Waals surface area contributed by atoms with Gasteiger partial charge in [-0.3, -0.25) is 19.1 Å². The highest BCUT2D eigenvalue weighted by Gasteiger charge is 2.35. The second-order valence-corrected chi connectivity index (χ2v) is 11.7. The van der Waals surface area contributed by atoms with Gasteiger partial charge >= 0.3 is 0 Å². The summed E-state index contributed by atoms with van der Waals surface area (Å²) in [5.41, 5.74) is 2.36. The second-order valence-electron chi connectivity index (χ2n) is 10.0. The molecule has 4 heterocycles. The van der Waals surface area contributed by atoms with E-state index in [1.165, 1.54) is 17.4 Å². The number of rotatable bonds is 7. The van der Waals surface area contributed by atoms with E-state index in [-0.39, 0.29) is 23.1 Å². The molecule has 0 saturated carbocycles. The van der Waals surface area contributed by atoms with Gasteiger partial charge < -0.3 is 14.5 Å². The number of nitriles is 1. The van der Waals surface area contributed by atoms with Crippen molar-refractivity contribution in [1.29, 1.82) is 5.26 Å². The van der Waals surface area contributed by atoms with Crippen LogP contribution in [0.25, 0.3) is 6.08 Å². The van der Waals surface area contributed by atoms with Crippen molar-refractivity contribution in [2.24, 2.45) is 0 Å². The van der Waals surface area contributed by atoms with Gasteiger partial charge in [0, 0.05) is 50.6 Å². The molecule has 0 spiro atoms. The van der Waals surface area contributed by atoms with Crippen molar-refractivity contribution in [2.45, 2.75) is 45.8 Å². The predicted molar refractivity (Wildman–Crippen MR) is 160 cm³/mol. The highest BCUT2D eigenvalue weighted by Crippen LogP contribution is 2.37. The zero-order valence-electron chi connectivity index (χ0n) is 22.4. The van der Waals surface area contributed by atoms with E-state index in [1.807, 2.05) is 31.2 Å². The molecule has 3 aliphatic heterocycles. The highest BCUT2D eigenvalue weighted by atomic mass is 32.2. The van der Waals surface area contributed by atoms with Crippen molar-refractivity contribution in [3.05, 3.63) is 62.3 Å². The minimum Gasteiger partial charge on any atom is -0.376 e. The standard InChI is InChI=1S/C29H33N5O3S2/c1-3-11-33-26(32-14-12-31(13-15-32)21-8-5-4-6-9-21)23(20(2)24(18-30)27(33)35)17-25-28(36)34(29(38)39-25)19-22-10-7-16-37-22/h4-6,8-9,17,22H,3,7,10-16,19H2,1-2H3/b25-17-. The number of carbonyl (C=O) groups excluding carboxylic acids is 1. The molecular formula is C29H33N5O3S2. The van der Waals surface area contributed by atoms with Crippen molar-refractivity contribution < 1.29 is 9.53 Å². The largest absolute Gasteiger partial charge is 0.376 e. The van der Waals surface area contributed by atoms with Crippen LogP contribution >= 0.6 is 24.0 Å². The lowest BCUT2D eigenvalue weighted by atomic mass is 10.0. The van der Waals surface area contributed by atoms with Crippen LogP contribution < -0.4 is 15.4 Å². The van der Waals surface area contributed by atoms with Gasteiger partial charge in [-0.05, 0) is 50.0 Å². The van der Waals surface area contributed by atoms with E-state index in [0.717, 1.165) is 43.7 Å². The van der Waals surface area contributed by atoms with Crippen LogP contribution in [0.2, 0.25) is 0 Å². The fourth-order valence-corrected chi connectivity index (χ4v) is 6.77. The third-order valence-corrected chi connectivity index (χ3v) is 8.93. The smallest absolute Gasteiger partial charge is 0.270 e. The number of nitrogens with zero attached hydrogens (tertiary/aromatic N) is 5. The number of pyridine rings is 1. The number of hydrogen-bond donors (Lipinski definition) is 0. The molecule has 0 N–H and O–H groups in total. The molecule has 3 fully saturated rings. The first-order valence-electron chi connectivity index (χ1n) is 13.5. The molecule has 10 heteroatoms. The molecule has 0 radical (unpaired) electrons. The number of amides is 1. The summed E-state index contributed by atoms with van der Waals surface area (Å²) >= 11 is 6.86. The molecule has 1 amide bonds. The maximum Gasteiger partial charge on any atom is 0.270 e. The Morgan fingerprint density at radius 2 is 1.87 bits per heavy atom. The van der Waals surface area contributed by atoms with Gasteiger partial charge in [-0.2, -0.15) is 5.26 Å². The Bertz CT molecular complexity index is 1380. The van der Waals surface area contributed by atoms with Gasteiger partial charge in [-0.15, -0.1) is 0 Å². The van der Waals surface area contributed by atoms with Crippen molar-refractivity contribution >= 4 is 51.8 Å². The average Bonchev–Trinajstić information content (AvgIpc) is 3.56. The number of ether oxygens (including phenoxy) is 1. The highest BCUT2D eigenvalue weighted by molar-refractivity contribution is 8.26. The third kappa shape index (κ3) is 5.49. The van der Waals surface area contributed by atoms with Gasteiger partial charge in [0.15, 0.2) is 0 Å². The van der Waals surface area contributed by atoms with Crippen molar-refractivity contribution in [3.63, 3.8) is 0 Å². The molecule has 39 heavy (non-hydrogen) atoms. The third-order valence-electron chi connectivity index (χ3n) is 7.55. The number of carbonyl (C=O) groups is 1. The van der Waals surface area contributed by atoms with E-state index >= 15 is 0 Å². The van der Waals surface area contributed by atoms with Crippen LogP contribution in [-0.2, 0) is 16.1 Å². The summed E-state index contributed by atoms with van der Waals surface area (Å²) in [7, 11) is 0. The first-order chi connectivity index (χ1) is 18.9. The lowest BCUT2D eigenvalue weighted by Gasteiger charge is -2.39. The maximum atomic E-state index is 13.5. The summed E-state index contributed by atoms with van der Waals surface area (Å²) in [5.74, 6) is 0.627. The second kappa shape index (κ2) is 11.9. The van der Waals surface area contributed by atoms with Gasteiger partial charge in [0.25, 0.3) is 11.5 Å². The molecule has 8 nitrogen and oxygen atoms in total. The zero-order valence-corrected chi connectivity index (χ0v) is 24.0. The molecule has 1 aromatic heterocycles. The van der Waals surface area contributed by atoms with Gasteiger partial charge in [0.05, 0.1) is 17.6 Å². The molecule has 3 saturated heterocycles. The van der Waals surface area contributed by atoms with Crippen LogP contribution in [0.15, 0.2) is 40.0 Å². The van der Waals surface area contributed by atoms with Crippen LogP contribution in [0.3, 0.4) is 0 Å². The average molecular weight is 564 g/mol. The number of aromatic nitrogens is 1. The minimum absolute atomic E-state index is 0.00158. The van der Waals surface area contributed by atoms with Crippen molar-refractivity contribution in [2.75, 3.05) is 49.1 Å². The Hall–Kier alpha value is -3.13. The van der Waals surface area contributed by atoms with Crippen molar-refractivity contribution in [3.8, 4) is 6.07 Å². The van der Waals surface area contributed by atoms with E-state index in [2.05, 4.69) is 28.0 Å². The first-order valence-corrected chi connectivity index (χ1v) is 14.7. The molecule has 1 atom stereocenters. The number of para-hydroxylation sites is 1. The van der Waals surface area contributed by atoms with Crippen LogP contribution in [-0.4, -0.2) is 65.1 Å². The lowest BCUT2D eigenvalue weighted by molar-refractivity contribution is -0.123. The monoisotopic (exact) mass is 563 g/mol. The number of thiocarbonyl (C=S) groups is 1. The summed E-state index contributed by atoms with van der Waals surface area (Å²) in [6.07, 6.45) is 4.50. The Kier molecular flexibility index (Phi) is 8.40. The van der Waals surface area contributed by atoms with E-state index in [0.29, 0.717) is 47.6 Å². The number of piperazine rings is 1. The van der Waals surface area contributed by atoms with E-state index in [4.69, 9.17) is 17.0 Å². The zero-order chi connectivity index (χ0) is 27.5. The van der Waals surface area contributed by atoms with Gasteiger partial charge in [0.2, 0.25) is 0 Å². The summed E-state index contributed by atoms with van der Waals surface area (Å²) in [6, 6.07) is 12.4. The van der Waals surface area contributed by atoms with E-state index in [1.54, 1.807) is 16.4 Å². The first kappa shape index (κ1) is 27.4. The summed E-state index contributed by atoms with van der Waals surface area (Å²) in [6.45, 7) is 8.50. The molecule has 2 aromatic rings. The quantitative estimate of drug-likeness (QED) is 0.367. The van der Waals surface area contributed by atoms with Gasteiger partial charge in [-0.25, -0.2) is 0 Å². The number of hydrogen-bond acceptors (Lipinski definition) is 8. The maximum absolute atomic E-state index is 13.5. The predicted octanol–water partition coefficient (Wildman–Crippen LogP) is 4.15. The summed E-state index contributed by atoms with van der Waals surface area (Å²) in [5, 5.41) is 9.92. The van der Waals surface area contributed by atoms with Gasteiger partial charge in [-0.1, -0.05) is 49.1 Å². The Morgan fingerprint density at radius 3 is 2.51 bits per heavy atom. The fourth-order valence-electron chi connectivity index (χ4n) is 5.51. The van der Waals surface area contributed by atoms with Crippen LogP contribution in [0.4, 0.5) is 11.5 Å². The topological polar surface area (TPSA) is 81.8 Å². The normalized spacial score (nSPS) is 20.8. The summed E-state index contributed by atoms with van der Waals surface area (Å²) in [4.78, 5) is 33.7. The molecule has 1 aromatic carbocycles. The van der Waals surface area contributed by atoms with Crippen LogP contribution in [0, 0.1) is 18.3 Å². The Morgan fingerprint density at radius 1 is 1.15 bits per heavy atom. The van der Waals surface area contributed by atoms with Crippen LogP contribution in [0.5, 0.6) is 0 Å². The van der Waals surface area contributed by atoms with Gasteiger partial charge in [0.1, 0.15) is 21.8 Å². The molecular weight excluding hydrogens is 530 g/mol. The minimum atomic E-state index is -0.277. The number of thioether (sulfide) groups is 1. The number of anilines is 2. The van der Waals surface area contributed by atoms with E-state index < -0.39 is 0 Å². The molecule has 0 bridgehead atoms. The number of benzene rings is 1. The SMILES string of the molecule is CCCn1c(N2CCN(c3ccccc3)CC2)c(/C=C2\SC(=S)N(CC3CCCO3)C2=O)c(C)c(C#N)c1=O. The van der Waals surface area contributed by atoms with Crippen molar-refractivity contribution in [1.82, 2.24) is 9.47 Å². The molecule has 5 rings (SSSR count).